The fourth-order valence-electron chi connectivity index (χ4n) is 4.04. The zero-order chi connectivity index (χ0) is 25.1. The van der Waals surface area contributed by atoms with Crippen LogP contribution in [0.25, 0.3) is 11.4 Å². The monoisotopic (exact) mass is 470 g/mol. The molecule has 3 aromatic rings. The molecule has 0 saturated heterocycles. The van der Waals surface area contributed by atoms with Crippen molar-refractivity contribution in [2.45, 2.75) is 12.8 Å². The number of aryl methyl sites for hydroxylation is 1. The second-order valence-electron chi connectivity index (χ2n) is 7.63. The minimum absolute atomic E-state index is 0.0160. The molecule has 3 N–H and O–H groups in total. The highest BCUT2D eigenvalue weighted by atomic mass is 16.5. The molecule has 0 fully saturated rings. The quantitative estimate of drug-likeness (QED) is 0.537. The van der Waals surface area contributed by atoms with Gasteiger partial charge in [0, 0.05) is 11.3 Å². The van der Waals surface area contributed by atoms with Crippen molar-refractivity contribution in [3.05, 3.63) is 88.6 Å². The summed E-state index contributed by atoms with van der Waals surface area (Å²) < 4.78 is 10.1. The van der Waals surface area contributed by atoms with Gasteiger partial charge in [-0.2, -0.15) is 10.4 Å². The summed E-state index contributed by atoms with van der Waals surface area (Å²) in [6.45, 7) is 1.77. The minimum atomic E-state index is -0.933. The number of aromatic amines is 1. The van der Waals surface area contributed by atoms with Crippen molar-refractivity contribution in [3.63, 3.8) is 0 Å². The number of allylic oxidation sites excluding steroid dienone is 1. The van der Waals surface area contributed by atoms with Crippen LogP contribution in [0.5, 0.6) is 0 Å². The number of hydrogen-bond donors (Lipinski definition) is 2. The Hall–Kier alpha value is -4.91. The second kappa shape index (κ2) is 9.52. The number of nitrogens with one attached hydrogen (secondary N) is 1. The maximum absolute atomic E-state index is 13.1. The predicted octanol–water partition coefficient (Wildman–Crippen LogP) is 2.68. The van der Waals surface area contributed by atoms with Crippen molar-refractivity contribution in [2.24, 2.45) is 5.73 Å². The molecule has 0 radical (unpaired) electrons. The van der Waals surface area contributed by atoms with Crippen molar-refractivity contribution >= 4 is 17.6 Å². The molecule has 1 aromatic heterocycles. The number of rotatable bonds is 5. The van der Waals surface area contributed by atoms with E-state index in [2.05, 4.69) is 21.3 Å². The van der Waals surface area contributed by atoms with Crippen molar-refractivity contribution in [1.82, 2.24) is 15.2 Å². The summed E-state index contributed by atoms with van der Waals surface area (Å²) in [5.74, 6) is -1.49. The molecule has 10 heteroatoms. The Morgan fingerprint density at radius 2 is 1.80 bits per heavy atom. The molecule has 1 atom stereocenters. The Morgan fingerprint density at radius 3 is 2.40 bits per heavy atom. The number of nitrogens with zero attached hydrogens (tertiary/aromatic N) is 4. The highest BCUT2D eigenvalue weighted by Gasteiger charge is 2.43. The Bertz CT molecular complexity index is 1400. The lowest BCUT2D eigenvalue weighted by Gasteiger charge is -2.36. The van der Waals surface area contributed by atoms with Crippen LogP contribution in [-0.4, -0.2) is 41.3 Å². The summed E-state index contributed by atoms with van der Waals surface area (Å²) in [6, 6.07) is 17.9. The molecule has 176 valence electrons. The normalized spacial score (nSPS) is 15.6. The van der Waals surface area contributed by atoms with Crippen LogP contribution in [0, 0.1) is 18.3 Å². The number of methoxy groups -OCH3 is 2. The van der Waals surface area contributed by atoms with E-state index >= 15 is 0 Å². The van der Waals surface area contributed by atoms with E-state index in [1.807, 2.05) is 0 Å². The van der Waals surface area contributed by atoms with Crippen LogP contribution in [0.3, 0.4) is 0 Å². The predicted molar refractivity (Wildman–Crippen MR) is 126 cm³/mol. The molecule has 0 aliphatic carbocycles. The van der Waals surface area contributed by atoms with E-state index in [1.54, 1.807) is 61.5 Å². The topological polar surface area (TPSA) is 147 Å². The lowest BCUT2D eigenvalue weighted by Crippen LogP contribution is -2.40. The van der Waals surface area contributed by atoms with E-state index in [1.165, 1.54) is 19.1 Å². The number of anilines is 1. The third-order valence-corrected chi connectivity index (χ3v) is 5.57. The first-order chi connectivity index (χ1) is 16.9. The number of ether oxygens (including phenoxy) is 2. The van der Waals surface area contributed by atoms with Gasteiger partial charge in [-0.05, 0) is 24.6 Å². The van der Waals surface area contributed by atoms with Crippen LogP contribution in [0.2, 0.25) is 0 Å². The molecule has 2 aromatic carbocycles. The van der Waals surface area contributed by atoms with Gasteiger partial charge in [-0.25, -0.2) is 14.6 Å². The number of aromatic nitrogens is 3. The zero-order valence-corrected chi connectivity index (χ0v) is 19.3. The van der Waals surface area contributed by atoms with Gasteiger partial charge in [0.2, 0.25) is 0 Å². The zero-order valence-electron chi connectivity index (χ0n) is 19.3. The Kier molecular flexibility index (Phi) is 6.33. The Labute approximate surface area is 201 Å². The summed E-state index contributed by atoms with van der Waals surface area (Å²) >= 11 is 0. The lowest BCUT2D eigenvalue weighted by molar-refractivity contribution is -0.139. The summed E-state index contributed by atoms with van der Waals surface area (Å²) in [7, 11) is 2.41. The van der Waals surface area contributed by atoms with Gasteiger partial charge in [-0.1, -0.05) is 42.5 Å². The van der Waals surface area contributed by atoms with E-state index < -0.39 is 17.9 Å². The number of carbonyl (C=O) groups is 2. The smallest absolute Gasteiger partial charge is 0.355 e. The fraction of sp³-hybridized carbons (Fsp3) is 0.160. The molecular formula is C25H22N6O4. The number of hydrogen-bond acceptors (Lipinski definition) is 9. The third-order valence-electron chi connectivity index (χ3n) is 5.57. The van der Waals surface area contributed by atoms with Gasteiger partial charge < -0.3 is 15.2 Å². The van der Waals surface area contributed by atoms with E-state index in [0.29, 0.717) is 28.5 Å². The van der Waals surface area contributed by atoms with E-state index in [0.717, 1.165) is 0 Å². The maximum Gasteiger partial charge on any atom is 0.355 e. The third kappa shape index (κ3) is 4.11. The summed E-state index contributed by atoms with van der Waals surface area (Å²) in [5.41, 5.74) is 8.04. The van der Waals surface area contributed by atoms with Gasteiger partial charge in [0.15, 0.2) is 5.82 Å². The molecule has 2 heterocycles. The number of esters is 2. The van der Waals surface area contributed by atoms with Gasteiger partial charge in [0.05, 0.1) is 37.4 Å². The van der Waals surface area contributed by atoms with Gasteiger partial charge in [0.1, 0.15) is 17.3 Å². The molecular weight excluding hydrogens is 448 g/mol. The number of benzene rings is 2. The van der Waals surface area contributed by atoms with Gasteiger partial charge >= 0.3 is 11.9 Å². The van der Waals surface area contributed by atoms with Crippen molar-refractivity contribution in [3.8, 4) is 17.5 Å². The average Bonchev–Trinajstić information content (AvgIpc) is 3.33. The Morgan fingerprint density at radius 1 is 1.09 bits per heavy atom. The van der Waals surface area contributed by atoms with Crippen LogP contribution < -0.4 is 10.6 Å². The van der Waals surface area contributed by atoms with Gasteiger partial charge in [-0.15, -0.1) is 0 Å². The van der Waals surface area contributed by atoms with Crippen LogP contribution >= 0.6 is 0 Å². The largest absolute Gasteiger partial charge is 0.466 e. The van der Waals surface area contributed by atoms with Crippen molar-refractivity contribution in [1.29, 1.82) is 5.26 Å². The van der Waals surface area contributed by atoms with Crippen molar-refractivity contribution in [2.75, 3.05) is 19.1 Å². The SMILES string of the molecule is COC(=O)C1=C(C(=O)OC)N(c2cccc(-c3n[nH]c(C)n3)c2)C(N)=C(C#N)C1c1ccccc1. The van der Waals surface area contributed by atoms with E-state index in [-0.39, 0.29) is 22.7 Å². The second-order valence-corrected chi connectivity index (χ2v) is 7.63. The number of H-pyrrole nitrogens is 1. The fourth-order valence-corrected chi connectivity index (χ4v) is 4.04. The number of nitriles is 1. The molecule has 4 rings (SSSR count). The molecule has 10 nitrogen and oxygen atoms in total. The molecule has 0 amide bonds. The number of carbonyl (C=O) groups excluding carboxylic acids is 2. The van der Waals surface area contributed by atoms with E-state index in [9.17, 15) is 14.9 Å². The molecule has 1 aliphatic heterocycles. The van der Waals surface area contributed by atoms with Crippen LogP contribution in [0.15, 0.2) is 77.3 Å². The highest BCUT2D eigenvalue weighted by molar-refractivity contribution is 6.06. The lowest BCUT2D eigenvalue weighted by atomic mass is 9.81. The maximum atomic E-state index is 13.1. The molecule has 0 bridgehead atoms. The van der Waals surface area contributed by atoms with Crippen LogP contribution in [0.1, 0.15) is 17.3 Å². The van der Waals surface area contributed by atoms with Crippen molar-refractivity contribution < 1.29 is 19.1 Å². The molecule has 0 saturated carbocycles. The van der Waals surface area contributed by atoms with Crippen LogP contribution in [0.4, 0.5) is 5.69 Å². The van der Waals surface area contributed by atoms with E-state index in [4.69, 9.17) is 15.2 Å². The van der Waals surface area contributed by atoms with Gasteiger partial charge in [-0.3, -0.25) is 10.00 Å². The summed E-state index contributed by atoms with van der Waals surface area (Å²) in [5, 5.41) is 17.1. The minimum Gasteiger partial charge on any atom is -0.466 e. The highest BCUT2D eigenvalue weighted by Crippen LogP contribution is 2.43. The average molecular weight is 470 g/mol. The summed E-state index contributed by atoms with van der Waals surface area (Å²) in [6.07, 6.45) is 0. The molecule has 0 spiro atoms. The Balaban J connectivity index is 2.01. The molecule has 35 heavy (non-hydrogen) atoms. The number of nitrogens with two attached hydrogens (primary N) is 1. The van der Waals surface area contributed by atoms with Gasteiger partial charge in [0.25, 0.3) is 0 Å². The molecule has 1 aliphatic rings. The first-order valence-electron chi connectivity index (χ1n) is 10.6. The standard InChI is InChI=1S/C25H22N6O4/c1-14-28-23(30-29-14)16-10-7-11-17(12-16)31-21(25(33)35-3)20(24(32)34-2)19(18(13-26)22(31)27)15-8-5-4-6-9-15/h4-12,19H,27H2,1-3H3,(H,28,29,30). The first kappa shape index (κ1) is 23.3. The molecule has 1 unspecified atom stereocenters. The first-order valence-corrected chi connectivity index (χ1v) is 10.6. The summed E-state index contributed by atoms with van der Waals surface area (Å²) in [4.78, 5) is 31.9. The van der Waals surface area contributed by atoms with Crippen LogP contribution in [-0.2, 0) is 19.1 Å².